The van der Waals surface area contributed by atoms with Crippen molar-refractivity contribution in [3.63, 3.8) is 0 Å². The maximum atomic E-state index is 14.5. The summed E-state index contributed by atoms with van der Waals surface area (Å²) in [7, 11) is 10.8. The molecule has 0 amide bonds. The summed E-state index contributed by atoms with van der Waals surface area (Å²) < 4.78 is 34.7. The SMILES string of the molecule is Cc1cc(-c2c3ccc(C4CC5CCC4C5)cc3cc(C)[n+]2C)c(C)c(C)c1F.Cc1cc(C)c(C)c(-c2c3ccc(C4CC5CCC4CC5)cc3cc(C)[n+]2C)c1.Cc1ccc(C)c(-c2c3ccc(C4CC5CCC4CC5)cc3cc(C)[n+]2C)c1.Cc1ccccc1-c1c2ccc(C3CC4CCC3CC4)cc2cc(C)[n+]1C.[2H]c1cc2cc(C3CC4CCC3CC4)ccc2c(-c2cc(C(C)C)cc(C(C)C)c2C)[n+]1C. The Morgan fingerprint density at radius 3 is 1.00 bits per heavy atom. The molecular formula is C139H167FN5+5. The molecule has 14 aliphatic rings. The van der Waals surface area contributed by atoms with Gasteiger partial charge in [0.25, 0.3) is 0 Å². The number of aryl methyl sites for hydroxylation is 10. The molecule has 145 heavy (non-hydrogen) atoms. The van der Waals surface area contributed by atoms with Gasteiger partial charge in [0.05, 0.1) is 43.6 Å². The van der Waals surface area contributed by atoms with Gasteiger partial charge in [-0.05, 0) is 437 Å². The highest BCUT2D eigenvalue weighted by Gasteiger charge is 2.44. The molecular weight excluding hydrogens is 1760 g/mol. The zero-order chi connectivity index (χ0) is 102. The molecule has 750 valence electrons. The van der Waals surface area contributed by atoms with Crippen LogP contribution < -0.4 is 22.8 Å². The van der Waals surface area contributed by atoms with E-state index in [0.717, 1.165) is 105 Å². The van der Waals surface area contributed by atoms with Crippen LogP contribution in [-0.2, 0) is 35.2 Å². The summed E-state index contributed by atoms with van der Waals surface area (Å²) in [5, 5.41) is 13.4. The van der Waals surface area contributed by atoms with Gasteiger partial charge in [0, 0.05) is 69.2 Å². The number of hydrogen-bond donors (Lipinski definition) is 0. The van der Waals surface area contributed by atoms with Crippen molar-refractivity contribution in [1.29, 1.82) is 0 Å². The Morgan fingerprint density at radius 1 is 0.262 bits per heavy atom. The molecule has 14 fully saturated rings. The van der Waals surface area contributed by atoms with Crippen molar-refractivity contribution in [2.24, 2.45) is 94.4 Å². The smallest absolute Gasteiger partial charge is 0.206 e. The summed E-state index contributed by atoms with van der Waals surface area (Å²) in [6.07, 6.45) is 35.1. The lowest BCUT2D eigenvalue weighted by atomic mass is 9.63. The van der Waals surface area contributed by atoms with E-state index in [1.54, 1.807) is 16.7 Å². The fourth-order valence-corrected chi connectivity index (χ4v) is 30.6. The molecule has 10 bridgehead atoms. The first-order valence-electron chi connectivity index (χ1n) is 57.4. The van der Waals surface area contributed by atoms with Crippen LogP contribution in [0.2, 0.25) is 0 Å². The number of rotatable bonds is 12. The van der Waals surface area contributed by atoms with Crippen LogP contribution in [0.25, 0.3) is 110 Å². The lowest BCUT2D eigenvalue weighted by molar-refractivity contribution is -0.665. The van der Waals surface area contributed by atoms with Crippen LogP contribution in [0.4, 0.5) is 4.39 Å². The minimum absolute atomic E-state index is 0.0792. The van der Waals surface area contributed by atoms with E-state index in [2.05, 4.69) is 350 Å². The molecule has 5 aromatic heterocycles. The lowest BCUT2D eigenvalue weighted by Gasteiger charge is -2.42. The van der Waals surface area contributed by atoms with E-state index < -0.39 is 0 Å². The third kappa shape index (κ3) is 19.3. The predicted octanol–water partition coefficient (Wildman–Crippen LogP) is 34.4. The molecule has 7 atom stereocenters. The van der Waals surface area contributed by atoms with Crippen molar-refractivity contribution < 1.29 is 28.6 Å². The zero-order valence-electron chi connectivity index (χ0n) is 93.4. The molecule has 5 nitrogen and oxygen atoms in total. The van der Waals surface area contributed by atoms with E-state index in [0.29, 0.717) is 23.9 Å². The molecule has 7 unspecified atom stereocenters. The Kier molecular flexibility index (Phi) is 28.0. The van der Waals surface area contributed by atoms with Crippen LogP contribution in [-0.4, -0.2) is 0 Å². The van der Waals surface area contributed by atoms with Crippen molar-refractivity contribution in [1.82, 2.24) is 0 Å². The van der Waals surface area contributed by atoms with E-state index in [9.17, 15) is 4.39 Å². The number of hydrogen-bond acceptors (Lipinski definition) is 0. The van der Waals surface area contributed by atoms with E-state index in [1.807, 2.05) is 26.8 Å². The van der Waals surface area contributed by atoms with Crippen molar-refractivity contribution in [3.05, 3.63) is 323 Å². The molecule has 14 saturated carbocycles. The highest BCUT2D eigenvalue weighted by molar-refractivity contribution is 5.99. The van der Waals surface area contributed by atoms with Gasteiger partial charge in [0.15, 0.2) is 28.9 Å². The summed E-state index contributed by atoms with van der Waals surface area (Å²) in [6, 6.07) is 75.0. The molecule has 0 spiro atoms. The maximum absolute atomic E-state index is 14.5. The second-order valence-corrected chi connectivity index (χ2v) is 49.2. The number of halogens is 1. The Hall–Kier alpha value is -10.8. The van der Waals surface area contributed by atoms with Gasteiger partial charge in [-0.2, -0.15) is 18.3 Å². The molecule has 0 saturated heterocycles. The van der Waals surface area contributed by atoms with Crippen LogP contribution >= 0.6 is 0 Å². The van der Waals surface area contributed by atoms with E-state index in [1.165, 1.54) is 343 Å². The molecule has 14 aliphatic carbocycles. The summed E-state index contributed by atoms with van der Waals surface area (Å²) in [4.78, 5) is 0. The normalized spacial score (nSPS) is 23.8. The highest BCUT2D eigenvalue weighted by atomic mass is 19.1. The number of nitrogens with zero attached hydrogens (tertiary/aromatic N) is 5. The van der Waals surface area contributed by atoms with E-state index >= 15 is 0 Å². The first-order valence-corrected chi connectivity index (χ1v) is 56.9. The maximum Gasteiger partial charge on any atom is 0.220 e. The van der Waals surface area contributed by atoms with Crippen LogP contribution in [0.5, 0.6) is 0 Å². The number of fused-ring (bicyclic) bond motifs is 19. The quantitative estimate of drug-likeness (QED) is 0.109. The molecule has 10 aromatic carbocycles. The summed E-state index contributed by atoms with van der Waals surface area (Å²) in [5.74, 6) is 14.0. The average Bonchev–Trinajstić information content (AvgIpc) is 1.11. The fourth-order valence-electron chi connectivity index (χ4n) is 30.6. The monoisotopic (exact) mass is 1930 g/mol. The number of pyridine rings is 5. The molecule has 5 heterocycles. The van der Waals surface area contributed by atoms with Gasteiger partial charge < -0.3 is 0 Å². The Morgan fingerprint density at radius 2 is 0.614 bits per heavy atom. The second kappa shape index (κ2) is 41.0. The zero-order valence-corrected chi connectivity index (χ0v) is 92.4. The van der Waals surface area contributed by atoms with Gasteiger partial charge >= 0.3 is 0 Å². The van der Waals surface area contributed by atoms with Gasteiger partial charge in [-0.1, -0.05) is 200 Å². The van der Waals surface area contributed by atoms with Crippen LogP contribution in [0.3, 0.4) is 0 Å². The molecule has 29 rings (SSSR count). The number of benzene rings is 10. The Labute approximate surface area is 870 Å². The Balaban J connectivity index is 0.000000107. The fraction of sp³-hybridized carbons (Fsp3) is 0.460. The van der Waals surface area contributed by atoms with E-state index in [-0.39, 0.29) is 5.82 Å². The van der Waals surface area contributed by atoms with Gasteiger partial charge in [-0.25, -0.2) is 8.96 Å². The summed E-state index contributed by atoms with van der Waals surface area (Å²) >= 11 is 0. The van der Waals surface area contributed by atoms with Gasteiger partial charge in [0.2, 0.25) is 28.5 Å². The molecule has 0 radical (unpaired) electrons. The molecule has 0 N–H and O–H groups in total. The minimum Gasteiger partial charge on any atom is -0.206 e. The largest absolute Gasteiger partial charge is 0.220 e. The predicted molar refractivity (Wildman–Crippen MR) is 607 cm³/mol. The average molecular weight is 1930 g/mol. The third-order valence-electron chi connectivity index (χ3n) is 39.8. The molecule has 6 heteroatoms. The molecule has 0 aliphatic heterocycles. The first-order chi connectivity index (χ1) is 70.1. The summed E-state index contributed by atoms with van der Waals surface area (Å²) in [5.41, 5.74) is 40.8. The lowest BCUT2D eigenvalue weighted by Crippen LogP contribution is -2.35. The summed E-state index contributed by atoms with van der Waals surface area (Å²) in [6.45, 7) is 39.5. The Bertz CT molecular complexity index is 7570. The standard InChI is InChI=1S/C31H40N.C28H34N.C27H31FN.C27H32N.C26H30N/c1-19(2)26-17-28(20(3)4)21(5)29(18-26)31-27-12-11-24(16-25(27)13-14-32(31)6)30-15-22-7-9-23(30)10-8-22;1-17-12-18(2)20(4)26(13-17)28-25-11-10-23(16-24(25)14-19(3)29(28)5)27-15-21-6-8-22(27)9-7-21;1-15-10-24(17(3)18(4)26(15)28)27-23-9-8-21(14-22(23)11-16(2)29(27)5)25-13-19-6-7-20(25)12-19;1-17-5-6-18(2)25(13-17)27-24-12-11-22(16-23(24)14-19(3)28(27)4)26-15-20-7-9-21(26)10-8-20;1-17-6-4-5-7-23(17)26-24-13-12-21(16-22(24)14-18(2)27(26)3)25-15-19-8-10-20(25)11-9-19/h11-14,16-20,22-23,30H,7-10,15H2,1-6H3;10-14,16,21-22,27H,6-9,15H2,1-5H3;8-11,14,19-20,25H,6-7,12-13H2,1-5H3;5-6,11-14,16,20-21,26H,7-10,15H2,1-4H3;4-7,12-14,16,19-20,25H,8-11,15H2,1-3H3/q5*+1/i14D;;;;. The van der Waals surface area contributed by atoms with Gasteiger partial charge in [-0.15, -0.1) is 0 Å². The van der Waals surface area contributed by atoms with Crippen molar-refractivity contribution in [2.75, 3.05) is 0 Å². The number of aromatic nitrogens is 5. The van der Waals surface area contributed by atoms with Crippen molar-refractivity contribution in [2.45, 2.75) is 320 Å². The highest BCUT2D eigenvalue weighted by Crippen LogP contribution is 2.57. The van der Waals surface area contributed by atoms with Crippen LogP contribution in [0.1, 0.15) is 342 Å². The van der Waals surface area contributed by atoms with Crippen molar-refractivity contribution in [3.8, 4) is 56.3 Å². The first kappa shape index (κ1) is 98.8. The second-order valence-electron chi connectivity index (χ2n) is 49.2. The van der Waals surface area contributed by atoms with Crippen LogP contribution in [0, 0.1) is 162 Å². The molecule has 15 aromatic rings. The van der Waals surface area contributed by atoms with Gasteiger partial charge in [-0.3, -0.25) is 0 Å². The van der Waals surface area contributed by atoms with E-state index in [4.69, 9.17) is 1.37 Å². The van der Waals surface area contributed by atoms with Crippen molar-refractivity contribution >= 4 is 53.9 Å². The van der Waals surface area contributed by atoms with Gasteiger partial charge in [0.1, 0.15) is 42.4 Å². The van der Waals surface area contributed by atoms with Crippen LogP contribution in [0.15, 0.2) is 200 Å². The minimum atomic E-state index is -0.0792. The topological polar surface area (TPSA) is 19.4 Å². The third-order valence-corrected chi connectivity index (χ3v) is 39.8.